The Bertz CT molecular complexity index is 219. The molecule has 0 bridgehead atoms. The molecule has 0 aromatic heterocycles. The lowest BCUT2D eigenvalue weighted by Gasteiger charge is -2.03. The van der Waals surface area contributed by atoms with E-state index in [4.69, 9.17) is 5.73 Å². The Balaban J connectivity index is 2.98. The zero-order valence-corrected chi connectivity index (χ0v) is 14.2. The monoisotopic (exact) mass is 299 g/mol. The molecule has 3 nitrogen and oxygen atoms in total. The summed E-state index contributed by atoms with van der Waals surface area (Å²) in [5.41, 5.74) is 5.47. The van der Waals surface area contributed by atoms with Crippen LogP contribution in [-0.4, -0.2) is 19.6 Å². The number of carbonyl (C=O) groups is 1. The fraction of sp³-hybridized carbons (Fsp3) is 0.944. The van der Waals surface area contributed by atoms with E-state index < -0.39 is 0 Å². The van der Waals surface area contributed by atoms with Gasteiger partial charge in [0.1, 0.15) is 0 Å². The third-order valence-corrected chi connectivity index (χ3v) is 4.06. The molecule has 0 saturated carbocycles. The first-order valence-electron chi connectivity index (χ1n) is 9.08. The van der Waals surface area contributed by atoms with Crippen LogP contribution in [0.15, 0.2) is 0 Å². The summed E-state index contributed by atoms with van der Waals surface area (Å²) in [7, 11) is 1.46. The predicted octanol–water partition coefficient (Wildman–Crippen LogP) is 4.97. The van der Waals surface area contributed by atoms with Crippen LogP contribution in [0.25, 0.3) is 0 Å². The van der Waals surface area contributed by atoms with Gasteiger partial charge in [0.2, 0.25) is 0 Å². The van der Waals surface area contributed by atoms with Crippen molar-refractivity contribution in [2.45, 2.75) is 96.3 Å². The van der Waals surface area contributed by atoms with Crippen LogP contribution < -0.4 is 5.73 Å². The topological polar surface area (TPSA) is 52.3 Å². The number of esters is 1. The summed E-state index contributed by atoms with van der Waals surface area (Å²) in [5.74, 6) is -0.0713. The highest BCUT2D eigenvalue weighted by atomic mass is 16.5. The van der Waals surface area contributed by atoms with Crippen LogP contribution in [0, 0.1) is 0 Å². The molecule has 0 amide bonds. The summed E-state index contributed by atoms with van der Waals surface area (Å²) in [6.45, 7) is 0.850. The molecule has 0 aliphatic carbocycles. The molecule has 21 heavy (non-hydrogen) atoms. The van der Waals surface area contributed by atoms with Crippen LogP contribution in [0.4, 0.5) is 0 Å². The van der Waals surface area contributed by atoms with E-state index in [0.717, 1.165) is 19.4 Å². The average molecular weight is 299 g/mol. The number of unbranched alkanes of at least 4 members (excludes halogenated alkanes) is 13. The first kappa shape index (κ1) is 20.4. The predicted molar refractivity (Wildman–Crippen MR) is 90.3 cm³/mol. The largest absolute Gasteiger partial charge is 0.469 e. The highest BCUT2D eigenvalue weighted by Gasteiger charge is 1.99. The van der Waals surface area contributed by atoms with E-state index in [-0.39, 0.29) is 5.97 Å². The van der Waals surface area contributed by atoms with Gasteiger partial charge in [-0.3, -0.25) is 4.79 Å². The normalized spacial score (nSPS) is 10.8. The van der Waals surface area contributed by atoms with Gasteiger partial charge < -0.3 is 10.5 Å². The van der Waals surface area contributed by atoms with Crippen LogP contribution in [0.2, 0.25) is 0 Å². The first-order valence-corrected chi connectivity index (χ1v) is 9.08. The third-order valence-electron chi connectivity index (χ3n) is 4.06. The lowest BCUT2D eigenvalue weighted by Crippen LogP contribution is -1.99. The second-order valence-corrected chi connectivity index (χ2v) is 6.06. The number of hydrogen-bond acceptors (Lipinski definition) is 3. The second-order valence-electron chi connectivity index (χ2n) is 6.06. The maximum Gasteiger partial charge on any atom is 0.305 e. The molecule has 3 heteroatoms. The van der Waals surface area contributed by atoms with Crippen LogP contribution in [-0.2, 0) is 9.53 Å². The molecule has 0 radical (unpaired) electrons. The van der Waals surface area contributed by atoms with E-state index in [1.165, 1.54) is 84.2 Å². The van der Waals surface area contributed by atoms with E-state index >= 15 is 0 Å². The number of nitrogens with two attached hydrogens (primary N) is 1. The zero-order chi connectivity index (χ0) is 15.6. The maximum absolute atomic E-state index is 10.9. The first-order chi connectivity index (χ1) is 10.3. The smallest absolute Gasteiger partial charge is 0.305 e. The SMILES string of the molecule is COC(=O)CCCCCCCCCCCCCCCCN. The fourth-order valence-corrected chi connectivity index (χ4v) is 2.64. The molecule has 0 saturated heterocycles. The van der Waals surface area contributed by atoms with E-state index in [9.17, 15) is 4.79 Å². The second kappa shape index (κ2) is 17.5. The van der Waals surface area contributed by atoms with Crippen molar-refractivity contribution >= 4 is 5.97 Å². The van der Waals surface area contributed by atoms with Crippen LogP contribution in [0.5, 0.6) is 0 Å². The number of rotatable bonds is 16. The van der Waals surface area contributed by atoms with Gasteiger partial charge >= 0.3 is 5.97 Å². The minimum atomic E-state index is -0.0713. The molecule has 2 N–H and O–H groups in total. The molecule has 0 atom stereocenters. The van der Waals surface area contributed by atoms with Crippen molar-refractivity contribution in [2.75, 3.05) is 13.7 Å². The minimum Gasteiger partial charge on any atom is -0.469 e. The summed E-state index contributed by atoms with van der Waals surface area (Å²) in [6.07, 6.45) is 18.9. The molecule has 126 valence electrons. The molecule has 0 heterocycles. The van der Waals surface area contributed by atoms with Crippen molar-refractivity contribution in [3.63, 3.8) is 0 Å². The number of hydrogen-bond donors (Lipinski definition) is 1. The highest BCUT2D eigenvalue weighted by Crippen LogP contribution is 2.13. The van der Waals surface area contributed by atoms with Gasteiger partial charge in [0, 0.05) is 6.42 Å². The van der Waals surface area contributed by atoms with Crippen LogP contribution >= 0.6 is 0 Å². The van der Waals surface area contributed by atoms with Crippen LogP contribution in [0.1, 0.15) is 96.3 Å². The molecular formula is C18H37NO2. The standard InChI is InChI=1S/C18H37NO2/c1-21-18(20)16-14-12-10-8-6-4-2-3-5-7-9-11-13-15-17-19/h2-17,19H2,1H3. The molecule has 0 unspecified atom stereocenters. The Morgan fingerprint density at radius 2 is 1.00 bits per heavy atom. The van der Waals surface area contributed by atoms with Crippen molar-refractivity contribution in [2.24, 2.45) is 5.73 Å². The molecule has 0 aromatic carbocycles. The molecule has 0 aromatic rings. The highest BCUT2D eigenvalue weighted by molar-refractivity contribution is 5.68. The van der Waals surface area contributed by atoms with Crippen molar-refractivity contribution in [3.05, 3.63) is 0 Å². The number of methoxy groups -OCH3 is 1. The molecule has 0 fully saturated rings. The van der Waals surface area contributed by atoms with E-state index in [1.54, 1.807) is 0 Å². The fourth-order valence-electron chi connectivity index (χ4n) is 2.64. The molecule has 0 rings (SSSR count). The van der Waals surface area contributed by atoms with E-state index in [2.05, 4.69) is 4.74 Å². The Morgan fingerprint density at radius 1 is 0.667 bits per heavy atom. The van der Waals surface area contributed by atoms with Crippen molar-refractivity contribution in [3.8, 4) is 0 Å². The Labute approximate surface area is 132 Å². The summed E-state index contributed by atoms with van der Waals surface area (Å²) < 4.78 is 4.62. The van der Waals surface area contributed by atoms with E-state index in [1.807, 2.05) is 0 Å². The van der Waals surface area contributed by atoms with Gasteiger partial charge in [-0.2, -0.15) is 0 Å². The zero-order valence-electron chi connectivity index (χ0n) is 14.2. The minimum absolute atomic E-state index is 0.0713. The third kappa shape index (κ3) is 17.4. The number of carbonyl (C=O) groups excluding carboxylic acids is 1. The van der Waals surface area contributed by atoms with Gasteiger partial charge in [-0.25, -0.2) is 0 Å². The van der Waals surface area contributed by atoms with Crippen molar-refractivity contribution in [1.29, 1.82) is 0 Å². The summed E-state index contributed by atoms with van der Waals surface area (Å²) in [6, 6.07) is 0. The van der Waals surface area contributed by atoms with Crippen molar-refractivity contribution in [1.82, 2.24) is 0 Å². The maximum atomic E-state index is 10.9. The van der Waals surface area contributed by atoms with Gasteiger partial charge in [-0.15, -0.1) is 0 Å². The summed E-state index contributed by atoms with van der Waals surface area (Å²) in [5, 5.41) is 0. The number of ether oxygens (including phenoxy) is 1. The molecule has 0 aliphatic heterocycles. The Hall–Kier alpha value is -0.570. The molecule has 0 spiro atoms. The van der Waals surface area contributed by atoms with Gasteiger partial charge in [0.15, 0.2) is 0 Å². The molecular weight excluding hydrogens is 262 g/mol. The average Bonchev–Trinajstić information content (AvgIpc) is 2.50. The van der Waals surface area contributed by atoms with E-state index in [0.29, 0.717) is 6.42 Å². The van der Waals surface area contributed by atoms with Crippen LogP contribution in [0.3, 0.4) is 0 Å². The van der Waals surface area contributed by atoms with Gasteiger partial charge in [0.05, 0.1) is 7.11 Å². The molecule has 0 aliphatic rings. The Kier molecular flexibility index (Phi) is 17.0. The van der Waals surface area contributed by atoms with Gasteiger partial charge in [-0.1, -0.05) is 77.0 Å². The Morgan fingerprint density at radius 3 is 1.33 bits per heavy atom. The summed E-state index contributed by atoms with van der Waals surface area (Å²) in [4.78, 5) is 10.9. The van der Waals surface area contributed by atoms with Gasteiger partial charge in [0.25, 0.3) is 0 Å². The van der Waals surface area contributed by atoms with Gasteiger partial charge in [-0.05, 0) is 19.4 Å². The summed E-state index contributed by atoms with van der Waals surface area (Å²) >= 11 is 0. The lowest BCUT2D eigenvalue weighted by atomic mass is 10.0. The lowest BCUT2D eigenvalue weighted by molar-refractivity contribution is -0.140. The van der Waals surface area contributed by atoms with Crippen molar-refractivity contribution < 1.29 is 9.53 Å². The quantitative estimate of drug-likeness (QED) is 0.323.